The van der Waals surface area contributed by atoms with E-state index in [9.17, 15) is 24.6 Å². The highest BCUT2D eigenvalue weighted by Crippen LogP contribution is 2.28. The Kier molecular flexibility index (Phi) is 8.92. The normalized spacial score (nSPS) is 11.7. The van der Waals surface area contributed by atoms with Crippen molar-refractivity contribution in [3.05, 3.63) is 129 Å². The van der Waals surface area contributed by atoms with Crippen molar-refractivity contribution in [2.24, 2.45) is 0 Å². The smallest absolute Gasteiger partial charge is 0.195 e. The lowest BCUT2D eigenvalue weighted by Crippen LogP contribution is -2.31. The predicted molar refractivity (Wildman–Crippen MR) is 172 cm³/mol. The Morgan fingerprint density at radius 1 is 0.690 bits per heavy atom. The number of aryl methyl sites for hydroxylation is 2. The van der Waals surface area contributed by atoms with Crippen LogP contribution in [0.4, 0.5) is 0 Å². The van der Waals surface area contributed by atoms with Crippen molar-refractivity contribution in [2.45, 2.75) is 59.2 Å². The quantitative estimate of drug-likeness (QED) is 0.164. The number of rotatable bonds is 6. The predicted octanol–water partition coefficient (Wildman–Crippen LogP) is 7.22. The topological polar surface area (TPSA) is 91.7 Å². The van der Waals surface area contributed by atoms with E-state index >= 15 is 0 Å². The largest absolute Gasteiger partial charge is 0.382 e. The zero-order valence-electron chi connectivity index (χ0n) is 24.8. The molecule has 0 aliphatic carbocycles. The number of Topliss-reactive ketones (excluding diaryl/α,β-unsaturated/α-hetero) is 2. The summed E-state index contributed by atoms with van der Waals surface area (Å²) >= 11 is 1.70. The van der Waals surface area contributed by atoms with E-state index < -0.39 is 11.2 Å². The Morgan fingerprint density at radius 3 is 1.64 bits per heavy atom. The monoisotopic (exact) mass is 580 g/mol. The third-order valence-electron chi connectivity index (χ3n) is 6.96. The molecule has 4 aromatic carbocycles. The zero-order valence-corrected chi connectivity index (χ0v) is 25.6. The number of carbonyl (C=O) groups is 2. The molecule has 0 bridgehead atoms. The first-order valence-electron chi connectivity index (χ1n) is 13.8. The first kappa shape index (κ1) is 31.0. The minimum atomic E-state index is -1.38. The molecule has 0 radical (unpaired) electrons. The molecule has 0 unspecified atom stereocenters. The van der Waals surface area contributed by atoms with Crippen LogP contribution in [0, 0.1) is 13.8 Å². The van der Waals surface area contributed by atoms with Gasteiger partial charge in [-0.05, 0) is 82.9 Å². The van der Waals surface area contributed by atoms with Crippen LogP contribution in [0.3, 0.4) is 0 Å². The average Bonchev–Trinajstić information content (AvgIpc) is 2.93. The molecule has 5 rings (SSSR count). The summed E-state index contributed by atoms with van der Waals surface area (Å²) < 4.78 is 2.18. The summed E-state index contributed by atoms with van der Waals surface area (Å²) in [4.78, 5) is 36.4. The number of ketones is 2. The molecule has 1 aromatic heterocycles. The van der Waals surface area contributed by atoms with E-state index in [4.69, 9.17) is 0 Å². The van der Waals surface area contributed by atoms with Gasteiger partial charge < -0.3 is 10.2 Å². The van der Waals surface area contributed by atoms with Gasteiger partial charge in [-0.3, -0.25) is 14.4 Å². The van der Waals surface area contributed by atoms with E-state index in [1.165, 1.54) is 33.3 Å². The van der Waals surface area contributed by atoms with Gasteiger partial charge in [0.05, 0.1) is 0 Å². The second kappa shape index (κ2) is 12.1. The molecule has 0 spiro atoms. The number of aliphatic hydroxyl groups is 2. The van der Waals surface area contributed by atoms with Gasteiger partial charge in [0.2, 0.25) is 0 Å². The van der Waals surface area contributed by atoms with Gasteiger partial charge in [-0.15, -0.1) is 11.3 Å². The maximum atomic E-state index is 12.4. The van der Waals surface area contributed by atoms with Crippen molar-refractivity contribution in [3.63, 3.8) is 0 Å². The first-order chi connectivity index (χ1) is 19.6. The lowest BCUT2D eigenvalue weighted by molar-refractivity contribution is 0.0487. The molecule has 2 N–H and O–H groups in total. The lowest BCUT2D eigenvalue weighted by Gasteiger charge is -2.16. The fourth-order valence-corrected chi connectivity index (χ4v) is 5.87. The summed E-state index contributed by atoms with van der Waals surface area (Å²) in [6.07, 6.45) is 0.661. The average molecular weight is 581 g/mol. The van der Waals surface area contributed by atoms with Gasteiger partial charge in [0.1, 0.15) is 11.2 Å². The zero-order chi connectivity index (χ0) is 30.8. The molecule has 0 aliphatic rings. The minimum absolute atomic E-state index is 0.154. The Bertz CT molecular complexity index is 1750. The maximum absolute atomic E-state index is 12.4. The fourth-order valence-electron chi connectivity index (χ4n) is 4.75. The van der Waals surface area contributed by atoms with Crippen molar-refractivity contribution >= 4 is 43.1 Å². The molecular weight excluding hydrogens is 544 g/mol. The van der Waals surface area contributed by atoms with Crippen LogP contribution in [-0.4, -0.2) is 33.0 Å². The van der Waals surface area contributed by atoms with E-state index in [0.717, 1.165) is 36.9 Å². The SMILES string of the molecule is CC(C)(O)C(=O)c1ccc(Cc2ccc(C(=O)C(C)(C)O)cc2)cc1.Cc1cc(C)c2sc3ccccc3c(=O)c2c1. The maximum Gasteiger partial charge on any atom is 0.195 e. The third kappa shape index (κ3) is 7.08. The molecule has 0 saturated heterocycles. The Hall–Kier alpha value is -3.97. The molecule has 0 atom stereocenters. The third-order valence-corrected chi connectivity index (χ3v) is 8.28. The standard InChI is InChI=1S/C21H24O4.C15H12OS/c1-20(2,24)18(22)16-9-5-14(6-10-16)13-15-7-11-17(12-8-15)19(23)21(3,4)25;1-9-7-10(2)15-12(8-9)14(16)11-5-3-4-6-13(11)17-15/h5-12,24-25H,13H2,1-4H3;3-8H,1-2H3. The second-order valence-corrected chi connectivity index (χ2v) is 12.8. The Morgan fingerprint density at radius 2 is 1.17 bits per heavy atom. The second-order valence-electron chi connectivity index (χ2n) is 11.7. The molecule has 0 aliphatic heterocycles. The molecule has 6 heteroatoms. The van der Waals surface area contributed by atoms with Crippen molar-refractivity contribution in [1.82, 2.24) is 0 Å². The number of hydrogen-bond donors (Lipinski definition) is 2. The van der Waals surface area contributed by atoms with Crippen LogP contribution in [0.2, 0.25) is 0 Å². The molecule has 0 amide bonds. The van der Waals surface area contributed by atoms with Gasteiger partial charge in [-0.25, -0.2) is 0 Å². The molecular formula is C36H36O5S. The number of benzene rings is 4. The molecule has 0 fully saturated rings. The summed E-state index contributed by atoms with van der Waals surface area (Å²) in [5, 5.41) is 21.2. The van der Waals surface area contributed by atoms with Crippen LogP contribution in [-0.2, 0) is 6.42 Å². The summed E-state index contributed by atoms with van der Waals surface area (Å²) in [6.45, 7) is 9.99. The molecule has 0 saturated carbocycles. The Balaban J connectivity index is 0.000000206. The fraction of sp³-hybridized carbons (Fsp3) is 0.250. The summed E-state index contributed by atoms with van der Waals surface area (Å²) in [6, 6.07) is 26.2. The molecule has 1 heterocycles. The summed E-state index contributed by atoms with van der Waals surface area (Å²) in [7, 11) is 0. The first-order valence-corrected chi connectivity index (χ1v) is 14.6. The summed E-state index contributed by atoms with van der Waals surface area (Å²) in [5.74, 6) is -0.623. The van der Waals surface area contributed by atoms with Crippen molar-refractivity contribution in [1.29, 1.82) is 0 Å². The van der Waals surface area contributed by atoms with E-state index in [0.29, 0.717) is 17.5 Å². The molecule has 216 valence electrons. The van der Waals surface area contributed by atoms with Crippen molar-refractivity contribution < 1.29 is 19.8 Å². The van der Waals surface area contributed by atoms with Gasteiger partial charge in [-0.1, -0.05) is 72.3 Å². The summed E-state index contributed by atoms with van der Waals surface area (Å²) in [5.41, 5.74) is 2.71. The van der Waals surface area contributed by atoms with Gasteiger partial charge in [-0.2, -0.15) is 0 Å². The van der Waals surface area contributed by atoms with Gasteiger partial charge in [0.15, 0.2) is 17.0 Å². The molecule has 5 nitrogen and oxygen atoms in total. The molecule has 5 aromatic rings. The Labute approximate surface area is 250 Å². The van der Waals surface area contributed by atoms with Crippen LogP contribution in [0.25, 0.3) is 20.2 Å². The number of fused-ring (bicyclic) bond motifs is 2. The van der Waals surface area contributed by atoms with E-state index in [1.807, 2.05) is 61.5 Å². The van der Waals surface area contributed by atoms with Gasteiger partial charge >= 0.3 is 0 Å². The lowest BCUT2D eigenvalue weighted by atomic mass is 9.94. The van der Waals surface area contributed by atoms with Crippen LogP contribution in [0.5, 0.6) is 0 Å². The van der Waals surface area contributed by atoms with E-state index in [2.05, 4.69) is 13.0 Å². The number of carbonyl (C=O) groups excluding carboxylic acids is 2. The highest BCUT2D eigenvalue weighted by Gasteiger charge is 2.26. The van der Waals surface area contributed by atoms with Gasteiger partial charge in [0.25, 0.3) is 0 Å². The van der Waals surface area contributed by atoms with Crippen LogP contribution in [0.1, 0.15) is 70.7 Å². The molecule has 42 heavy (non-hydrogen) atoms. The van der Waals surface area contributed by atoms with Crippen molar-refractivity contribution in [3.8, 4) is 0 Å². The number of hydrogen-bond acceptors (Lipinski definition) is 6. The van der Waals surface area contributed by atoms with E-state index in [-0.39, 0.29) is 17.0 Å². The van der Waals surface area contributed by atoms with Crippen LogP contribution in [0.15, 0.2) is 89.7 Å². The van der Waals surface area contributed by atoms with Gasteiger partial charge in [0, 0.05) is 31.3 Å². The van der Waals surface area contributed by atoms with Crippen LogP contribution < -0.4 is 5.43 Å². The highest BCUT2D eigenvalue weighted by atomic mass is 32.1. The van der Waals surface area contributed by atoms with Crippen molar-refractivity contribution in [2.75, 3.05) is 0 Å². The van der Waals surface area contributed by atoms with Crippen LogP contribution >= 0.6 is 11.3 Å². The van der Waals surface area contributed by atoms with E-state index in [1.54, 1.807) is 35.6 Å². The minimum Gasteiger partial charge on any atom is -0.382 e. The highest BCUT2D eigenvalue weighted by molar-refractivity contribution is 7.24.